The van der Waals surface area contributed by atoms with Gasteiger partial charge in [0, 0.05) is 17.4 Å². The second-order valence-electron chi connectivity index (χ2n) is 2.78. The standard InChI is InChI=1S/C6H11N3O2/c7-9-8-5-2-1-4(3-10)6(5)11/h4-6,10-11H,1-3H2/t4-,5-,6-/m1/s1. The van der Waals surface area contributed by atoms with Gasteiger partial charge in [-0.1, -0.05) is 5.11 Å². The molecule has 0 aromatic heterocycles. The molecule has 5 heteroatoms. The van der Waals surface area contributed by atoms with E-state index in [4.69, 9.17) is 10.6 Å². The van der Waals surface area contributed by atoms with Crippen molar-refractivity contribution in [1.29, 1.82) is 0 Å². The Kier molecular flexibility index (Phi) is 2.70. The van der Waals surface area contributed by atoms with Crippen molar-refractivity contribution in [1.82, 2.24) is 0 Å². The lowest BCUT2D eigenvalue weighted by molar-refractivity contribution is 0.0811. The molecule has 1 saturated carbocycles. The van der Waals surface area contributed by atoms with Crippen LogP contribution in [0.15, 0.2) is 5.11 Å². The summed E-state index contributed by atoms with van der Waals surface area (Å²) in [6.07, 6.45) is 0.758. The van der Waals surface area contributed by atoms with Crippen LogP contribution < -0.4 is 0 Å². The second-order valence-corrected chi connectivity index (χ2v) is 2.78. The average Bonchev–Trinajstić information content (AvgIpc) is 2.34. The fourth-order valence-corrected chi connectivity index (χ4v) is 1.43. The van der Waals surface area contributed by atoms with Crippen LogP contribution in [0.3, 0.4) is 0 Å². The van der Waals surface area contributed by atoms with E-state index in [1.165, 1.54) is 0 Å². The number of hydrogen-bond acceptors (Lipinski definition) is 3. The summed E-state index contributed by atoms with van der Waals surface area (Å²) in [5.74, 6) is -0.106. The van der Waals surface area contributed by atoms with Crippen molar-refractivity contribution in [3.05, 3.63) is 10.4 Å². The Balaban J connectivity index is 2.54. The molecule has 62 valence electrons. The van der Waals surface area contributed by atoms with E-state index >= 15 is 0 Å². The summed E-state index contributed by atoms with van der Waals surface area (Å²) in [6, 6.07) is -0.336. The monoisotopic (exact) mass is 157 g/mol. The van der Waals surface area contributed by atoms with Crippen molar-refractivity contribution in [2.75, 3.05) is 6.61 Å². The van der Waals surface area contributed by atoms with Gasteiger partial charge in [0.2, 0.25) is 0 Å². The van der Waals surface area contributed by atoms with E-state index in [0.29, 0.717) is 6.42 Å². The van der Waals surface area contributed by atoms with Crippen molar-refractivity contribution >= 4 is 0 Å². The lowest BCUT2D eigenvalue weighted by atomic mass is 10.1. The summed E-state index contributed by atoms with van der Waals surface area (Å²) in [7, 11) is 0. The molecule has 1 fully saturated rings. The first-order chi connectivity index (χ1) is 5.29. The van der Waals surface area contributed by atoms with Gasteiger partial charge in [0.25, 0.3) is 0 Å². The van der Waals surface area contributed by atoms with Crippen molar-refractivity contribution in [2.45, 2.75) is 25.0 Å². The molecule has 0 aliphatic heterocycles. The summed E-state index contributed by atoms with van der Waals surface area (Å²) in [5, 5.41) is 21.5. The van der Waals surface area contributed by atoms with Gasteiger partial charge in [-0.3, -0.25) is 0 Å². The van der Waals surface area contributed by atoms with E-state index in [2.05, 4.69) is 10.0 Å². The first-order valence-corrected chi connectivity index (χ1v) is 3.62. The first kappa shape index (κ1) is 8.33. The Bertz CT molecular complexity index is 179. The molecule has 1 rings (SSSR count). The minimum Gasteiger partial charge on any atom is -0.396 e. The summed E-state index contributed by atoms with van der Waals surface area (Å²) < 4.78 is 0. The minimum absolute atomic E-state index is 0.0292. The molecular formula is C6H11N3O2. The van der Waals surface area contributed by atoms with Crippen LogP contribution in [0.5, 0.6) is 0 Å². The minimum atomic E-state index is -0.657. The first-order valence-electron chi connectivity index (χ1n) is 3.62. The third-order valence-corrected chi connectivity index (χ3v) is 2.14. The fourth-order valence-electron chi connectivity index (χ4n) is 1.43. The summed E-state index contributed by atoms with van der Waals surface area (Å²) >= 11 is 0. The van der Waals surface area contributed by atoms with E-state index in [1.54, 1.807) is 0 Å². The largest absolute Gasteiger partial charge is 0.396 e. The molecule has 0 unspecified atom stereocenters. The highest BCUT2D eigenvalue weighted by Crippen LogP contribution is 2.27. The number of aliphatic hydroxyl groups excluding tert-OH is 2. The molecule has 0 spiro atoms. The maximum Gasteiger partial charge on any atom is 0.0674 e. The molecule has 0 saturated heterocycles. The van der Waals surface area contributed by atoms with Gasteiger partial charge in [-0.05, 0) is 18.4 Å². The van der Waals surface area contributed by atoms with Gasteiger partial charge >= 0.3 is 0 Å². The molecular weight excluding hydrogens is 146 g/mol. The molecule has 11 heavy (non-hydrogen) atoms. The van der Waals surface area contributed by atoms with E-state index < -0.39 is 6.10 Å². The third kappa shape index (κ3) is 1.63. The SMILES string of the molecule is [N-]=[N+]=N[C@@H]1CC[C@H](CO)[C@H]1O. The van der Waals surface area contributed by atoms with Crippen LogP contribution in [0.2, 0.25) is 0 Å². The lowest BCUT2D eigenvalue weighted by Gasteiger charge is -2.12. The van der Waals surface area contributed by atoms with Crippen LogP contribution in [-0.4, -0.2) is 29.0 Å². The Labute approximate surface area is 64.3 Å². The molecule has 3 atom stereocenters. The zero-order valence-electron chi connectivity index (χ0n) is 6.09. The number of rotatable bonds is 2. The molecule has 1 aliphatic carbocycles. The quantitative estimate of drug-likeness (QED) is 0.345. The Morgan fingerprint density at radius 2 is 2.27 bits per heavy atom. The van der Waals surface area contributed by atoms with Crippen LogP contribution >= 0.6 is 0 Å². The Morgan fingerprint density at radius 3 is 2.73 bits per heavy atom. The van der Waals surface area contributed by atoms with Crippen LogP contribution in [-0.2, 0) is 0 Å². The summed E-state index contributed by atoms with van der Waals surface area (Å²) in [5.41, 5.74) is 8.09. The van der Waals surface area contributed by atoms with E-state index in [9.17, 15) is 5.11 Å². The number of azide groups is 1. The van der Waals surface area contributed by atoms with E-state index in [-0.39, 0.29) is 18.6 Å². The van der Waals surface area contributed by atoms with Gasteiger partial charge in [-0.2, -0.15) is 0 Å². The van der Waals surface area contributed by atoms with Gasteiger partial charge < -0.3 is 10.2 Å². The molecule has 0 amide bonds. The Hall–Kier alpha value is -0.770. The van der Waals surface area contributed by atoms with Crippen molar-refractivity contribution in [2.24, 2.45) is 11.0 Å². The average molecular weight is 157 g/mol. The Morgan fingerprint density at radius 1 is 1.55 bits per heavy atom. The smallest absolute Gasteiger partial charge is 0.0674 e. The lowest BCUT2D eigenvalue weighted by Crippen LogP contribution is -2.25. The topological polar surface area (TPSA) is 89.2 Å². The maximum absolute atomic E-state index is 9.35. The molecule has 1 aliphatic rings. The predicted molar refractivity (Wildman–Crippen MR) is 38.8 cm³/mol. The zero-order valence-corrected chi connectivity index (χ0v) is 6.09. The number of hydrogen-bond donors (Lipinski definition) is 2. The van der Waals surface area contributed by atoms with Crippen LogP contribution in [0.4, 0.5) is 0 Å². The van der Waals surface area contributed by atoms with Crippen molar-refractivity contribution in [3.63, 3.8) is 0 Å². The van der Waals surface area contributed by atoms with Gasteiger partial charge in [-0.15, -0.1) is 0 Å². The van der Waals surface area contributed by atoms with Gasteiger partial charge in [0.05, 0.1) is 12.1 Å². The molecule has 0 aromatic rings. The number of nitrogens with zero attached hydrogens (tertiary/aromatic N) is 3. The van der Waals surface area contributed by atoms with Gasteiger partial charge in [0.15, 0.2) is 0 Å². The third-order valence-electron chi connectivity index (χ3n) is 2.14. The normalized spacial score (nSPS) is 36.7. The van der Waals surface area contributed by atoms with E-state index in [0.717, 1.165) is 6.42 Å². The second kappa shape index (κ2) is 3.57. The highest BCUT2D eigenvalue weighted by molar-refractivity contribution is 4.89. The molecule has 2 N–H and O–H groups in total. The molecule has 0 bridgehead atoms. The molecule has 0 heterocycles. The maximum atomic E-state index is 9.35. The van der Waals surface area contributed by atoms with E-state index in [1.807, 2.05) is 0 Å². The number of aliphatic hydroxyl groups is 2. The van der Waals surface area contributed by atoms with Gasteiger partial charge in [-0.25, -0.2) is 0 Å². The highest BCUT2D eigenvalue weighted by atomic mass is 16.3. The van der Waals surface area contributed by atoms with Crippen LogP contribution in [0, 0.1) is 5.92 Å². The van der Waals surface area contributed by atoms with Crippen LogP contribution in [0.1, 0.15) is 12.8 Å². The molecule has 0 radical (unpaired) electrons. The van der Waals surface area contributed by atoms with Crippen LogP contribution in [0.25, 0.3) is 10.4 Å². The molecule has 5 nitrogen and oxygen atoms in total. The molecule has 0 aromatic carbocycles. The summed E-state index contributed by atoms with van der Waals surface area (Å²) in [6.45, 7) is -0.0292. The van der Waals surface area contributed by atoms with Crippen molar-refractivity contribution in [3.8, 4) is 0 Å². The van der Waals surface area contributed by atoms with Gasteiger partial charge in [0.1, 0.15) is 0 Å². The van der Waals surface area contributed by atoms with Crippen molar-refractivity contribution < 1.29 is 10.2 Å². The predicted octanol–water partition coefficient (Wildman–Crippen LogP) is 0.428. The fraction of sp³-hybridized carbons (Fsp3) is 1.00. The highest BCUT2D eigenvalue weighted by Gasteiger charge is 2.33. The summed E-state index contributed by atoms with van der Waals surface area (Å²) in [4.78, 5) is 2.62. The zero-order chi connectivity index (χ0) is 8.27.